The van der Waals surface area contributed by atoms with E-state index in [9.17, 15) is 13.6 Å². The lowest BCUT2D eigenvalue weighted by Gasteiger charge is -2.27. The van der Waals surface area contributed by atoms with Gasteiger partial charge in [0, 0.05) is 63.1 Å². The Morgan fingerprint density at radius 1 is 1.20 bits per heavy atom. The van der Waals surface area contributed by atoms with Gasteiger partial charge in [0.05, 0.1) is 18.5 Å². The minimum absolute atomic E-state index is 0.0143. The number of urea groups is 1. The molecule has 2 N–H and O–H groups in total. The Morgan fingerprint density at radius 3 is 2.70 bits per heavy atom. The van der Waals surface area contributed by atoms with Crippen LogP contribution in [0.25, 0.3) is 16.9 Å². The van der Waals surface area contributed by atoms with Crippen molar-refractivity contribution < 1.29 is 18.3 Å². The number of nitrogens with one attached hydrogen (secondary N) is 2. The third-order valence-corrected chi connectivity index (χ3v) is 7.67. The Kier molecular flexibility index (Phi) is 8.41. The molecule has 9 nitrogen and oxygen atoms in total. The van der Waals surface area contributed by atoms with Gasteiger partial charge in [-0.1, -0.05) is 24.3 Å². The average Bonchev–Trinajstić information content (AvgIpc) is 3.67. The highest BCUT2D eigenvalue weighted by Crippen LogP contribution is 2.35. The number of para-hydroxylation sites is 1. The molecule has 1 aromatic carbocycles. The van der Waals surface area contributed by atoms with Gasteiger partial charge in [-0.05, 0) is 43.9 Å². The summed E-state index contributed by atoms with van der Waals surface area (Å²) in [5.74, 6) is -1.34. The minimum atomic E-state index is -0.822. The Hall–Kier alpha value is -3.83. The van der Waals surface area contributed by atoms with E-state index in [4.69, 9.17) is 9.84 Å². The normalized spacial score (nSPS) is 21.3. The van der Waals surface area contributed by atoms with Crippen LogP contribution in [-0.4, -0.2) is 69.9 Å². The summed E-state index contributed by atoms with van der Waals surface area (Å²) in [5.41, 5.74) is 3.18. The van der Waals surface area contributed by atoms with Crippen LogP contribution in [0.2, 0.25) is 0 Å². The van der Waals surface area contributed by atoms with E-state index in [0.29, 0.717) is 32.1 Å². The van der Waals surface area contributed by atoms with Crippen molar-refractivity contribution in [3.05, 3.63) is 72.1 Å². The van der Waals surface area contributed by atoms with Crippen LogP contribution in [-0.2, 0) is 11.3 Å². The van der Waals surface area contributed by atoms with Crippen LogP contribution in [0.15, 0.2) is 66.5 Å². The van der Waals surface area contributed by atoms with Crippen molar-refractivity contribution in [1.29, 1.82) is 0 Å². The largest absolute Gasteiger partial charge is 0.383 e. The number of nitrogens with zero attached hydrogens (tertiary/aromatic N) is 5. The molecule has 11 heteroatoms. The minimum Gasteiger partial charge on any atom is -0.383 e. The van der Waals surface area contributed by atoms with E-state index in [2.05, 4.69) is 20.6 Å². The fraction of sp³-hybridized carbons (Fsp3) is 0.414. The number of allylic oxidation sites excluding steroid dienone is 4. The van der Waals surface area contributed by atoms with Crippen LogP contribution in [0.5, 0.6) is 0 Å². The number of benzene rings is 1. The van der Waals surface area contributed by atoms with E-state index in [0.717, 1.165) is 29.1 Å². The molecule has 0 radical (unpaired) electrons. The number of rotatable bonds is 9. The number of carbonyl (C=O) groups is 1. The van der Waals surface area contributed by atoms with Gasteiger partial charge in [-0.3, -0.25) is 14.9 Å². The summed E-state index contributed by atoms with van der Waals surface area (Å²) in [5, 5.41) is 15.4. The second-order valence-corrected chi connectivity index (χ2v) is 10.3. The molecule has 1 aliphatic carbocycles. The zero-order chi connectivity index (χ0) is 28.2. The van der Waals surface area contributed by atoms with E-state index in [-0.39, 0.29) is 30.3 Å². The lowest BCUT2D eigenvalue weighted by molar-refractivity contribution is 0.157. The summed E-state index contributed by atoms with van der Waals surface area (Å²) in [4.78, 5) is 15.7. The van der Waals surface area contributed by atoms with Gasteiger partial charge in [-0.15, -0.1) is 0 Å². The Morgan fingerprint density at radius 2 is 2.00 bits per heavy atom. The molecular formula is C29H35F2N7O2. The molecule has 0 bridgehead atoms. The fourth-order valence-corrected chi connectivity index (χ4v) is 5.51. The summed E-state index contributed by atoms with van der Waals surface area (Å²) >= 11 is 0. The SMILES string of the molecule is CCn1cc(-c2nn(-c3ccccc3)c(NC(=O)N[C@@H]3CN(CCOC)C[C@H]3C3C=CC(F)=C(F)C3)c2C)cn1. The monoisotopic (exact) mass is 551 g/mol. The van der Waals surface area contributed by atoms with Crippen molar-refractivity contribution in [2.75, 3.05) is 38.7 Å². The van der Waals surface area contributed by atoms with Crippen LogP contribution in [0.3, 0.4) is 0 Å². The Bertz CT molecular complexity index is 1400. The number of amides is 2. The molecule has 0 saturated carbocycles. The van der Waals surface area contributed by atoms with Gasteiger partial charge in [-0.25, -0.2) is 18.3 Å². The first-order valence-corrected chi connectivity index (χ1v) is 13.6. The highest BCUT2D eigenvalue weighted by molar-refractivity contribution is 5.91. The van der Waals surface area contributed by atoms with E-state index >= 15 is 0 Å². The van der Waals surface area contributed by atoms with Crippen molar-refractivity contribution in [2.24, 2.45) is 11.8 Å². The Balaban J connectivity index is 1.39. The number of methoxy groups -OCH3 is 1. The predicted molar refractivity (Wildman–Crippen MR) is 149 cm³/mol. The maximum atomic E-state index is 14.2. The summed E-state index contributed by atoms with van der Waals surface area (Å²) in [6.45, 7) is 7.12. The first-order valence-electron chi connectivity index (χ1n) is 13.6. The number of aryl methyl sites for hydroxylation is 1. The molecule has 1 aliphatic heterocycles. The summed E-state index contributed by atoms with van der Waals surface area (Å²) in [6, 6.07) is 8.94. The van der Waals surface area contributed by atoms with Crippen LogP contribution < -0.4 is 10.6 Å². The topological polar surface area (TPSA) is 89.2 Å². The third kappa shape index (κ3) is 5.85. The second kappa shape index (κ2) is 12.1. The van der Waals surface area contributed by atoms with E-state index in [1.165, 1.54) is 6.08 Å². The number of hydrogen-bond acceptors (Lipinski definition) is 5. The van der Waals surface area contributed by atoms with E-state index in [1.807, 2.05) is 55.1 Å². The van der Waals surface area contributed by atoms with Crippen molar-refractivity contribution >= 4 is 11.8 Å². The molecule has 2 aromatic heterocycles. The summed E-state index contributed by atoms with van der Waals surface area (Å²) < 4.78 is 36.7. The van der Waals surface area contributed by atoms with Crippen LogP contribution in [0.4, 0.5) is 19.4 Å². The van der Waals surface area contributed by atoms with Crippen LogP contribution in [0.1, 0.15) is 18.9 Å². The third-order valence-electron chi connectivity index (χ3n) is 7.67. The molecule has 1 unspecified atom stereocenters. The molecule has 3 atom stereocenters. The second-order valence-electron chi connectivity index (χ2n) is 10.3. The van der Waals surface area contributed by atoms with Gasteiger partial charge in [0.25, 0.3) is 0 Å². The van der Waals surface area contributed by atoms with Gasteiger partial charge in [0.15, 0.2) is 5.83 Å². The smallest absolute Gasteiger partial charge is 0.320 e. The zero-order valence-electron chi connectivity index (χ0n) is 23.0. The first kappa shape index (κ1) is 27.7. The number of halogens is 2. The highest BCUT2D eigenvalue weighted by Gasteiger charge is 2.39. The Labute approximate surface area is 232 Å². The molecule has 40 heavy (non-hydrogen) atoms. The molecule has 2 amide bonds. The van der Waals surface area contributed by atoms with Crippen molar-refractivity contribution in [1.82, 2.24) is 29.8 Å². The molecule has 1 saturated heterocycles. The van der Waals surface area contributed by atoms with E-state index < -0.39 is 11.7 Å². The first-order chi connectivity index (χ1) is 19.4. The number of ether oxygens (including phenoxy) is 1. The summed E-state index contributed by atoms with van der Waals surface area (Å²) in [6.07, 6.45) is 6.60. The highest BCUT2D eigenvalue weighted by atomic mass is 19.2. The molecule has 1 fully saturated rings. The number of aromatic nitrogens is 4. The maximum Gasteiger partial charge on any atom is 0.320 e. The average molecular weight is 552 g/mol. The van der Waals surface area contributed by atoms with Crippen LogP contribution >= 0.6 is 0 Å². The molecule has 0 spiro atoms. The standard InChI is InChI=1S/C29H35F2N7O2/c1-4-37-16-21(15-32-37)27-19(2)28(38(35-27)22-8-6-5-7-9-22)34-29(39)33-26-18-36(12-13-40-3)17-23(26)20-10-11-24(30)25(31)14-20/h5-11,15-16,20,23,26H,4,12-14,17-18H2,1-3H3,(H2,33,34,39)/t20?,23-,26+/m0/s1. The fourth-order valence-electron chi connectivity index (χ4n) is 5.51. The molecule has 3 aromatic rings. The predicted octanol–water partition coefficient (Wildman–Crippen LogP) is 4.86. The molecule has 3 heterocycles. The number of hydrogen-bond donors (Lipinski definition) is 2. The zero-order valence-corrected chi connectivity index (χ0v) is 23.0. The molecule has 212 valence electrons. The summed E-state index contributed by atoms with van der Waals surface area (Å²) in [7, 11) is 1.64. The van der Waals surface area contributed by atoms with Crippen molar-refractivity contribution in [3.8, 4) is 16.9 Å². The number of likely N-dealkylation sites (tertiary alicyclic amines) is 1. The van der Waals surface area contributed by atoms with Gasteiger partial charge in [0.1, 0.15) is 17.3 Å². The molecular weight excluding hydrogens is 516 g/mol. The number of carbonyl (C=O) groups excluding carboxylic acids is 1. The van der Waals surface area contributed by atoms with Gasteiger partial charge in [0.2, 0.25) is 0 Å². The van der Waals surface area contributed by atoms with Gasteiger partial charge < -0.3 is 10.1 Å². The van der Waals surface area contributed by atoms with E-state index in [1.54, 1.807) is 24.1 Å². The lowest BCUT2D eigenvalue weighted by atomic mass is 9.83. The van der Waals surface area contributed by atoms with Crippen molar-refractivity contribution in [2.45, 2.75) is 32.9 Å². The van der Waals surface area contributed by atoms with Crippen LogP contribution in [0, 0.1) is 18.8 Å². The maximum absolute atomic E-state index is 14.2. The molecule has 2 aliphatic rings. The van der Waals surface area contributed by atoms with Gasteiger partial charge in [-0.2, -0.15) is 10.2 Å². The van der Waals surface area contributed by atoms with Crippen molar-refractivity contribution in [3.63, 3.8) is 0 Å². The quantitative estimate of drug-likeness (QED) is 0.397. The molecule has 5 rings (SSSR count). The van der Waals surface area contributed by atoms with Gasteiger partial charge >= 0.3 is 6.03 Å². The number of anilines is 1. The lowest BCUT2D eigenvalue weighted by Crippen LogP contribution is -2.45.